The Bertz CT molecular complexity index is 638. The maximum absolute atomic E-state index is 12.6. The van der Waals surface area contributed by atoms with Crippen molar-refractivity contribution < 1.29 is 17.9 Å². The maximum Gasteiger partial charge on any atom is 0.416 e. The predicted octanol–water partition coefficient (Wildman–Crippen LogP) is 5.17. The SMILES string of the molecule is Cl.FC(F)(F)c1ccc(OC2CCN(Cc3ccccc3)CC2)cc1. The van der Waals surface area contributed by atoms with Gasteiger partial charge in [0.25, 0.3) is 0 Å². The Kier molecular flexibility index (Phi) is 6.73. The van der Waals surface area contributed by atoms with E-state index in [1.165, 1.54) is 17.7 Å². The number of piperidine rings is 1. The topological polar surface area (TPSA) is 12.5 Å². The van der Waals surface area contributed by atoms with E-state index in [4.69, 9.17) is 4.74 Å². The minimum absolute atomic E-state index is 0. The smallest absolute Gasteiger partial charge is 0.416 e. The van der Waals surface area contributed by atoms with E-state index in [1.807, 2.05) is 18.2 Å². The van der Waals surface area contributed by atoms with E-state index < -0.39 is 11.7 Å². The third-order valence-corrected chi connectivity index (χ3v) is 4.27. The van der Waals surface area contributed by atoms with Gasteiger partial charge in [-0.2, -0.15) is 13.2 Å². The van der Waals surface area contributed by atoms with Gasteiger partial charge in [0.05, 0.1) is 5.56 Å². The Labute approximate surface area is 152 Å². The molecule has 1 saturated heterocycles. The molecule has 0 saturated carbocycles. The second-order valence-electron chi connectivity index (χ2n) is 6.10. The summed E-state index contributed by atoms with van der Waals surface area (Å²) in [5.41, 5.74) is 0.645. The fourth-order valence-corrected chi connectivity index (χ4v) is 2.94. The number of benzene rings is 2. The van der Waals surface area contributed by atoms with Crippen molar-refractivity contribution in [3.8, 4) is 5.75 Å². The number of nitrogens with zero attached hydrogens (tertiary/aromatic N) is 1. The Morgan fingerprint density at radius 3 is 2.08 bits per heavy atom. The lowest BCUT2D eigenvalue weighted by atomic mass is 10.1. The number of likely N-dealkylation sites (tertiary alicyclic amines) is 1. The first kappa shape index (κ1) is 19.6. The van der Waals surface area contributed by atoms with E-state index in [2.05, 4.69) is 17.0 Å². The van der Waals surface area contributed by atoms with Crippen LogP contribution < -0.4 is 4.74 Å². The van der Waals surface area contributed by atoms with Crippen LogP contribution in [0.1, 0.15) is 24.0 Å². The van der Waals surface area contributed by atoms with Crippen LogP contribution in [-0.4, -0.2) is 24.1 Å². The van der Waals surface area contributed by atoms with Crippen LogP contribution in [0.25, 0.3) is 0 Å². The lowest BCUT2D eigenvalue weighted by Gasteiger charge is -2.32. The Morgan fingerprint density at radius 1 is 0.920 bits per heavy atom. The summed E-state index contributed by atoms with van der Waals surface area (Å²) in [5.74, 6) is 0.504. The van der Waals surface area contributed by atoms with E-state index >= 15 is 0 Å². The Hall–Kier alpha value is -1.72. The number of ether oxygens (including phenoxy) is 1. The molecule has 25 heavy (non-hydrogen) atoms. The number of rotatable bonds is 4. The van der Waals surface area contributed by atoms with Crippen LogP contribution in [0.3, 0.4) is 0 Å². The van der Waals surface area contributed by atoms with Crippen LogP contribution in [-0.2, 0) is 12.7 Å². The lowest BCUT2D eigenvalue weighted by Crippen LogP contribution is -2.37. The molecule has 0 bridgehead atoms. The monoisotopic (exact) mass is 371 g/mol. The van der Waals surface area contributed by atoms with E-state index in [9.17, 15) is 13.2 Å². The summed E-state index contributed by atoms with van der Waals surface area (Å²) >= 11 is 0. The highest BCUT2D eigenvalue weighted by molar-refractivity contribution is 5.85. The van der Waals surface area contributed by atoms with E-state index in [-0.39, 0.29) is 18.5 Å². The van der Waals surface area contributed by atoms with E-state index in [0.717, 1.165) is 44.6 Å². The van der Waals surface area contributed by atoms with Crippen LogP contribution in [0.15, 0.2) is 54.6 Å². The zero-order valence-corrected chi connectivity index (χ0v) is 14.5. The summed E-state index contributed by atoms with van der Waals surface area (Å²) in [5, 5.41) is 0. The van der Waals surface area contributed by atoms with Crippen LogP contribution in [0.5, 0.6) is 5.75 Å². The van der Waals surface area contributed by atoms with Crippen molar-refractivity contribution in [2.24, 2.45) is 0 Å². The molecule has 0 atom stereocenters. The average Bonchev–Trinajstić information content (AvgIpc) is 2.57. The standard InChI is InChI=1S/C19H20F3NO.ClH/c20-19(21,22)16-6-8-17(9-7-16)24-18-10-12-23(13-11-18)14-15-4-2-1-3-5-15;/h1-9,18H,10-14H2;1H. The van der Waals surface area contributed by atoms with Crippen molar-refractivity contribution in [1.29, 1.82) is 0 Å². The fourth-order valence-electron chi connectivity index (χ4n) is 2.94. The summed E-state index contributed by atoms with van der Waals surface area (Å²) in [6, 6.07) is 15.3. The van der Waals surface area contributed by atoms with Crippen LogP contribution >= 0.6 is 12.4 Å². The van der Waals surface area contributed by atoms with Crippen LogP contribution in [0, 0.1) is 0 Å². The highest BCUT2D eigenvalue weighted by Gasteiger charge is 2.30. The van der Waals surface area contributed by atoms with Gasteiger partial charge in [0.15, 0.2) is 0 Å². The molecule has 0 amide bonds. The van der Waals surface area contributed by atoms with Crippen molar-refractivity contribution in [1.82, 2.24) is 4.90 Å². The van der Waals surface area contributed by atoms with Crippen molar-refractivity contribution >= 4 is 12.4 Å². The van der Waals surface area contributed by atoms with Gasteiger partial charge in [-0.05, 0) is 42.7 Å². The maximum atomic E-state index is 12.6. The number of alkyl halides is 3. The summed E-state index contributed by atoms with van der Waals surface area (Å²) in [6.45, 7) is 2.79. The Morgan fingerprint density at radius 2 is 1.52 bits per heavy atom. The fraction of sp³-hybridized carbons (Fsp3) is 0.368. The van der Waals surface area contributed by atoms with Gasteiger partial charge in [0.2, 0.25) is 0 Å². The summed E-state index contributed by atoms with van der Waals surface area (Å²) in [7, 11) is 0. The second-order valence-corrected chi connectivity index (χ2v) is 6.10. The molecule has 0 unspecified atom stereocenters. The molecule has 0 N–H and O–H groups in total. The van der Waals surface area contributed by atoms with E-state index in [1.54, 1.807) is 0 Å². The summed E-state index contributed by atoms with van der Waals surface area (Å²) in [6.07, 6.45) is -2.48. The first-order chi connectivity index (χ1) is 11.5. The first-order valence-electron chi connectivity index (χ1n) is 8.11. The van der Waals surface area contributed by atoms with Crippen LogP contribution in [0.2, 0.25) is 0 Å². The van der Waals surface area contributed by atoms with Gasteiger partial charge in [0, 0.05) is 19.6 Å². The molecule has 136 valence electrons. The third-order valence-electron chi connectivity index (χ3n) is 4.27. The van der Waals surface area contributed by atoms with Crippen molar-refractivity contribution in [3.63, 3.8) is 0 Å². The van der Waals surface area contributed by atoms with Gasteiger partial charge in [-0.3, -0.25) is 4.90 Å². The molecule has 2 aromatic rings. The highest BCUT2D eigenvalue weighted by atomic mass is 35.5. The molecule has 1 aliphatic heterocycles. The summed E-state index contributed by atoms with van der Waals surface area (Å²) < 4.78 is 43.5. The summed E-state index contributed by atoms with van der Waals surface area (Å²) in [4.78, 5) is 2.38. The normalized spacial score (nSPS) is 16.3. The molecule has 3 rings (SSSR count). The number of halogens is 4. The van der Waals surface area contributed by atoms with Gasteiger partial charge < -0.3 is 4.74 Å². The van der Waals surface area contributed by atoms with Gasteiger partial charge >= 0.3 is 6.18 Å². The molecule has 1 heterocycles. The van der Waals surface area contributed by atoms with Gasteiger partial charge in [0.1, 0.15) is 11.9 Å². The second kappa shape index (κ2) is 8.59. The molecular weight excluding hydrogens is 351 g/mol. The molecule has 2 aromatic carbocycles. The molecular formula is C19H21ClF3NO. The molecule has 1 fully saturated rings. The number of hydrogen-bond donors (Lipinski definition) is 0. The average molecular weight is 372 g/mol. The molecule has 6 heteroatoms. The lowest BCUT2D eigenvalue weighted by molar-refractivity contribution is -0.137. The minimum Gasteiger partial charge on any atom is -0.490 e. The predicted molar refractivity (Wildman–Crippen MR) is 94.1 cm³/mol. The number of hydrogen-bond acceptors (Lipinski definition) is 2. The van der Waals surface area contributed by atoms with Crippen molar-refractivity contribution in [3.05, 3.63) is 65.7 Å². The highest BCUT2D eigenvalue weighted by Crippen LogP contribution is 2.30. The largest absolute Gasteiger partial charge is 0.490 e. The van der Waals surface area contributed by atoms with Crippen molar-refractivity contribution in [2.75, 3.05) is 13.1 Å². The van der Waals surface area contributed by atoms with Crippen molar-refractivity contribution in [2.45, 2.75) is 31.7 Å². The van der Waals surface area contributed by atoms with Gasteiger partial charge in [-0.1, -0.05) is 30.3 Å². The first-order valence-corrected chi connectivity index (χ1v) is 8.11. The minimum atomic E-state index is -4.30. The Balaban J connectivity index is 0.00000225. The molecule has 2 nitrogen and oxygen atoms in total. The molecule has 0 spiro atoms. The van der Waals surface area contributed by atoms with Gasteiger partial charge in [-0.25, -0.2) is 0 Å². The molecule has 1 aliphatic rings. The zero-order valence-electron chi connectivity index (χ0n) is 13.7. The molecule has 0 radical (unpaired) electrons. The van der Waals surface area contributed by atoms with E-state index in [0.29, 0.717) is 5.75 Å². The van der Waals surface area contributed by atoms with Gasteiger partial charge in [-0.15, -0.1) is 12.4 Å². The molecule has 0 aromatic heterocycles. The quantitative estimate of drug-likeness (QED) is 0.735. The van der Waals surface area contributed by atoms with Crippen LogP contribution in [0.4, 0.5) is 13.2 Å². The third kappa shape index (κ3) is 5.65. The zero-order chi connectivity index (χ0) is 17.0. The molecule has 0 aliphatic carbocycles.